The van der Waals surface area contributed by atoms with E-state index >= 15 is 0 Å². The van der Waals surface area contributed by atoms with Crippen LogP contribution in [0.3, 0.4) is 0 Å². The predicted molar refractivity (Wildman–Crippen MR) is 73.4 cm³/mol. The molecule has 2 aromatic heterocycles. The number of rotatable bonds is 3. The predicted octanol–water partition coefficient (Wildman–Crippen LogP) is 4.20. The fourth-order valence-electron chi connectivity index (χ4n) is 1.39. The summed E-state index contributed by atoms with van der Waals surface area (Å²) in [6.45, 7) is 0.872. The Morgan fingerprint density at radius 1 is 1.50 bits per heavy atom. The van der Waals surface area contributed by atoms with Gasteiger partial charge in [-0.3, -0.25) is 0 Å². The van der Waals surface area contributed by atoms with Crippen LogP contribution in [0.15, 0.2) is 34.2 Å². The third-order valence-electron chi connectivity index (χ3n) is 2.17. The number of halogens is 2. The molecule has 0 spiro atoms. The van der Waals surface area contributed by atoms with Gasteiger partial charge in [-0.05, 0) is 34.1 Å². The van der Waals surface area contributed by atoms with Crippen molar-refractivity contribution in [2.24, 2.45) is 0 Å². The van der Waals surface area contributed by atoms with Gasteiger partial charge in [-0.25, -0.2) is 4.98 Å². The van der Waals surface area contributed by atoms with Gasteiger partial charge in [0.1, 0.15) is 5.15 Å². The minimum atomic E-state index is 0.525. The SMILES string of the molecule is CN(Cc1cc(Br)cs1)c1ccnc(Cl)c1. The summed E-state index contributed by atoms with van der Waals surface area (Å²) >= 11 is 11.0. The Kier molecular flexibility index (Phi) is 3.84. The Morgan fingerprint density at radius 3 is 2.94 bits per heavy atom. The molecule has 0 saturated heterocycles. The van der Waals surface area contributed by atoms with E-state index in [-0.39, 0.29) is 0 Å². The number of anilines is 1. The van der Waals surface area contributed by atoms with Crippen molar-refractivity contribution in [1.82, 2.24) is 4.98 Å². The van der Waals surface area contributed by atoms with Gasteiger partial charge in [0.2, 0.25) is 0 Å². The highest BCUT2D eigenvalue weighted by Crippen LogP contribution is 2.23. The zero-order valence-electron chi connectivity index (χ0n) is 8.65. The van der Waals surface area contributed by atoms with Crippen LogP contribution in [0.1, 0.15) is 4.88 Å². The van der Waals surface area contributed by atoms with Crippen LogP contribution in [0, 0.1) is 0 Å². The largest absolute Gasteiger partial charge is 0.369 e. The Labute approximate surface area is 112 Å². The van der Waals surface area contributed by atoms with Crippen LogP contribution in [-0.2, 0) is 6.54 Å². The molecule has 0 fully saturated rings. The molecule has 84 valence electrons. The van der Waals surface area contributed by atoms with Crippen LogP contribution in [0.25, 0.3) is 0 Å². The van der Waals surface area contributed by atoms with Crippen molar-refractivity contribution in [3.05, 3.63) is 44.3 Å². The highest BCUT2D eigenvalue weighted by atomic mass is 79.9. The zero-order valence-corrected chi connectivity index (χ0v) is 11.8. The second-order valence-corrected chi connectivity index (χ2v) is 5.72. The molecule has 0 aliphatic heterocycles. The molecule has 0 radical (unpaired) electrons. The van der Waals surface area contributed by atoms with Crippen molar-refractivity contribution >= 4 is 44.6 Å². The molecule has 0 saturated carbocycles. The van der Waals surface area contributed by atoms with Gasteiger partial charge in [-0.2, -0.15) is 0 Å². The second-order valence-electron chi connectivity index (χ2n) is 3.42. The first kappa shape index (κ1) is 11.9. The van der Waals surface area contributed by atoms with Gasteiger partial charge in [-0.1, -0.05) is 11.6 Å². The van der Waals surface area contributed by atoms with Gasteiger partial charge < -0.3 is 4.90 Å². The smallest absolute Gasteiger partial charge is 0.131 e. The lowest BCUT2D eigenvalue weighted by molar-refractivity contribution is 0.937. The third kappa shape index (κ3) is 2.97. The lowest BCUT2D eigenvalue weighted by Crippen LogP contribution is -2.15. The first-order chi connectivity index (χ1) is 7.65. The van der Waals surface area contributed by atoms with Gasteiger partial charge in [0.15, 0.2) is 0 Å². The third-order valence-corrected chi connectivity index (χ3v) is 4.05. The monoisotopic (exact) mass is 316 g/mol. The molecule has 5 heteroatoms. The maximum absolute atomic E-state index is 5.85. The molecule has 2 aromatic rings. The van der Waals surface area contributed by atoms with Crippen molar-refractivity contribution in [3.63, 3.8) is 0 Å². The minimum Gasteiger partial charge on any atom is -0.369 e. The van der Waals surface area contributed by atoms with E-state index in [1.165, 1.54) is 4.88 Å². The summed E-state index contributed by atoms with van der Waals surface area (Å²) in [6.07, 6.45) is 1.72. The summed E-state index contributed by atoms with van der Waals surface area (Å²) in [5.41, 5.74) is 1.07. The minimum absolute atomic E-state index is 0.525. The zero-order chi connectivity index (χ0) is 11.5. The molecule has 16 heavy (non-hydrogen) atoms. The van der Waals surface area contributed by atoms with E-state index < -0.39 is 0 Å². The Morgan fingerprint density at radius 2 is 2.31 bits per heavy atom. The van der Waals surface area contributed by atoms with E-state index in [0.29, 0.717) is 5.15 Å². The summed E-state index contributed by atoms with van der Waals surface area (Å²) in [5.74, 6) is 0. The van der Waals surface area contributed by atoms with Gasteiger partial charge in [0.25, 0.3) is 0 Å². The molecule has 0 aromatic carbocycles. The normalized spacial score (nSPS) is 10.4. The van der Waals surface area contributed by atoms with Crippen molar-refractivity contribution < 1.29 is 0 Å². The van der Waals surface area contributed by atoms with Crippen LogP contribution in [0.5, 0.6) is 0 Å². The number of hydrogen-bond donors (Lipinski definition) is 0. The number of aromatic nitrogens is 1. The Hall–Kier alpha value is -0.580. The van der Waals surface area contributed by atoms with Gasteiger partial charge in [0, 0.05) is 33.7 Å². The molecule has 2 heterocycles. The van der Waals surface area contributed by atoms with E-state index in [0.717, 1.165) is 16.7 Å². The number of hydrogen-bond acceptors (Lipinski definition) is 3. The molecule has 0 aliphatic carbocycles. The van der Waals surface area contributed by atoms with E-state index in [9.17, 15) is 0 Å². The maximum Gasteiger partial charge on any atom is 0.131 e. The molecular formula is C11H10BrClN2S. The van der Waals surface area contributed by atoms with Gasteiger partial charge in [-0.15, -0.1) is 11.3 Å². The average molecular weight is 318 g/mol. The van der Waals surface area contributed by atoms with Crippen LogP contribution < -0.4 is 4.90 Å². The van der Waals surface area contributed by atoms with E-state index in [2.05, 4.69) is 37.3 Å². The molecule has 0 aliphatic rings. The number of nitrogens with zero attached hydrogens (tertiary/aromatic N) is 2. The summed E-state index contributed by atoms with van der Waals surface area (Å²) < 4.78 is 1.13. The molecule has 0 atom stereocenters. The maximum atomic E-state index is 5.85. The molecule has 2 rings (SSSR count). The second kappa shape index (κ2) is 5.17. The first-order valence-electron chi connectivity index (χ1n) is 4.71. The number of thiophene rings is 1. The quantitative estimate of drug-likeness (QED) is 0.789. The topological polar surface area (TPSA) is 16.1 Å². The van der Waals surface area contributed by atoms with Crippen molar-refractivity contribution in [3.8, 4) is 0 Å². The molecule has 2 nitrogen and oxygen atoms in total. The molecular weight excluding hydrogens is 308 g/mol. The Bertz CT molecular complexity index is 486. The van der Waals surface area contributed by atoms with Gasteiger partial charge >= 0.3 is 0 Å². The summed E-state index contributed by atoms with van der Waals surface area (Å²) in [7, 11) is 2.04. The summed E-state index contributed by atoms with van der Waals surface area (Å²) in [5, 5.41) is 2.61. The van der Waals surface area contributed by atoms with Crippen molar-refractivity contribution in [1.29, 1.82) is 0 Å². The van der Waals surface area contributed by atoms with Crippen LogP contribution in [-0.4, -0.2) is 12.0 Å². The van der Waals surface area contributed by atoms with Crippen molar-refractivity contribution in [2.45, 2.75) is 6.54 Å². The molecule has 0 unspecified atom stereocenters. The fraction of sp³-hybridized carbons (Fsp3) is 0.182. The van der Waals surface area contributed by atoms with Crippen LogP contribution in [0.2, 0.25) is 5.15 Å². The first-order valence-corrected chi connectivity index (χ1v) is 6.76. The summed E-state index contributed by atoms with van der Waals surface area (Å²) in [6, 6.07) is 5.95. The van der Waals surface area contributed by atoms with Crippen molar-refractivity contribution in [2.75, 3.05) is 11.9 Å². The fourth-order valence-corrected chi connectivity index (χ4v) is 3.06. The highest BCUT2D eigenvalue weighted by Gasteiger charge is 2.04. The molecule has 0 bridgehead atoms. The van der Waals surface area contributed by atoms with E-state index in [1.807, 2.05) is 19.2 Å². The lowest BCUT2D eigenvalue weighted by Gasteiger charge is -2.18. The van der Waals surface area contributed by atoms with Gasteiger partial charge in [0.05, 0.1) is 6.54 Å². The molecule has 0 amide bonds. The highest BCUT2D eigenvalue weighted by molar-refractivity contribution is 9.10. The molecule has 0 N–H and O–H groups in total. The van der Waals surface area contributed by atoms with Crippen LogP contribution >= 0.6 is 38.9 Å². The average Bonchev–Trinajstić information content (AvgIpc) is 2.64. The summed E-state index contributed by atoms with van der Waals surface area (Å²) in [4.78, 5) is 7.42. The standard InChI is InChI=1S/C11H10BrClN2S/c1-15(6-10-4-8(12)7-16-10)9-2-3-14-11(13)5-9/h2-5,7H,6H2,1H3. The lowest BCUT2D eigenvalue weighted by atomic mass is 10.3. The Balaban J connectivity index is 2.11. The van der Waals surface area contributed by atoms with E-state index in [1.54, 1.807) is 17.5 Å². The van der Waals surface area contributed by atoms with E-state index in [4.69, 9.17) is 11.6 Å². The number of pyridine rings is 1. The van der Waals surface area contributed by atoms with Crippen LogP contribution in [0.4, 0.5) is 5.69 Å².